The van der Waals surface area contributed by atoms with Crippen LogP contribution in [-0.2, 0) is 166 Å². The molecule has 0 aromatic heterocycles. The van der Waals surface area contributed by atoms with Crippen molar-refractivity contribution in [3.63, 3.8) is 0 Å². The molecule has 0 amide bonds. The van der Waals surface area contributed by atoms with Crippen molar-refractivity contribution in [1.82, 2.24) is 4.90 Å². The Hall–Kier alpha value is -11.0. The lowest BCUT2D eigenvalue weighted by atomic mass is 9.85. The number of ether oxygens (including phenoxy) is 25. The minimum Gasteiger partial charge on any atom is -0.466 e. The average Bonchev–Trinajstić information content (AvgIpc) is 1.65. The quantitative estimate of drug-likeness (QED) is 0.0187. The van der Waals surface area contributed by atoms with Crippen LogP contribution in [0.25, 0.3) is 4.85 Å². The van der Waals surface area contributed by atoms with Gasteiger partial charge in [0.15, 0.2) is 11.7 Å². The summed E-state index contributed by atoms with van der Waals surface area (Å²) in [7, 11) is 6.00. The highest BCUT2D eigenvalue weighted by atomic mass is 16.8. The van der Waals surface area contributed by atoms with Gasteiger partial charge in [0.05, 0.1) is 58.2 Å². The zero-order chi connectivity index (χ0) is 103. The van der Waals surface area contributed by atoms with Crippen LogP contribution in [0.4, 0.5) is 33.6 Å². The molecule has 0 N–H and O–H groups in total. The molecule has 136 heavy (non-hydrogen) atoms. The topological polar surface area (TPSA) is 529 Å². The molecule has 0 spiro atoms. The molecule has 18 unspecified atom stereocenters. The number of rotatable bonds is 35. The Morgan fingerprint density at radius 1 is 0.404 bits per heavy atom. The van der Waals surface area contributed by atoms with Crippen molar-refractivity contribution in [3.8, 4) is 0 Å². The molecule has 10 aliphatic rings. The van der Waals surface area contributed by atoms with Gasteiger partial charge in [-0.2, -0.15) is 0 Å². The standard InChI is InChI=1S/C16H24O10.2C14H22O5.C13H23NO5.C12H18O7.C12H18O5.C11H15NO5/c1-5-16(2,3)14(19)23-7-6-22-11(17)8-12(18)24-9-10-13(21-4)26-15(20)25-10;1-5-14(3,4)12(15)17-7-9-8(2)10-6-11(9)19-13(16)18-10;1-4-14(2,3)12(15)17-8-9-5-6-10-11(7-9)19-13(16)18-10;1-7-12(2,3)10(15)17-8-13(4)9(14(5)6)18-11(16)19-13;1-5-12(2,3)10(14)17-6-7-8(9(13)16-4)19-11(15)18-7;1-4-12(2,3)10(13)16-8-5-7-6-9(8)17-11(14)15-7;1-5-11(2,3)9(13)15-6-7-8(12-4)17-10(14)16-7/h10,13H,5-9H2,1-4H3;8-11H,5-7H2,1-4H3;9-11H,4-8H2,1-3H3;9H,7-8H2,1-6H3;7-8H,5-6H2,1-4H3;7-9H,4-6H2,1-3H3;7-8H,5-6H2,1-3H3. The molecule has 10 rings (SSSR count). The molecule has 44 heteroatoms. The van der Waals surface area contributed by atoms with Crippen LogP contribution in [0.3, 0.4) is 0 Å². The Labute approximate surface area is 793 Å². The molecule has 0 radical (unpaired) electrons. The van der Waals surface area contributed by atoms with E-state index < -0.39 is 166 Å². The van der Waals surface area contributed by atoms with E-state index in [1.165, 1.54) is 7.11 Å². The fourth-order valence-corrected chi connectivity index (χ4v) is 12.9. The highest BCUT2D eigenvalue weighted by Gasteiger charge is 2.54. The minimum atomic E-state index is -1.20. The van der Waals surface area contributed by atoms with E-state index in [4.69, 9.17) is 106 Å². The van der Waals surface area contributed by atoms with Gasteiger partial charge in [0.1, 0.15) is 88.8 Å². The first-order chi connectivity index (χ1) is 63.2. The second kappa shape index (κ2) is 52.0. The van der Waals surface area contributed by atoms with Gasteiger partial charge in [0, 0.05) is 38.2 Å². The van der Waals surface area contributed by atoms with Crippen LogP contribution in [0.2, 0.25) is 0 Å². The lowest BCUT2D eigenvalue weighted by Gasteiger charge is -2.31. The molecule has 7 aliphatic heterocycles. The van der Waals surface area contributed by atoms with Gasteiger partial charge in [-0.05, 0) is 188 Å². The maximum atomic E-state index is 12.0. The zero-order valence-corrected chi connectivity index (χ0v) is 83.4. The van der Waals surface area contributed by atoms with Crippen molar-refractivity contribution in [2.24, 2.45) is 55.7 Å². The normalized spacial score (nSPS) is 26.4. The molecule has 18 atom stereocenters. The lowest BCUT2D eigenvalue weighted by molar-refractivity contribution is -0.164. The molecule has 10 fully saturated rings. The Kier molecular flexibility index (Phi) is 44.8. The molecule has 3 saturated carbocycles. The number of likely N-dealkylation sites (N-methyl/N-ethyl adjacent to an activating group) is 1. The smallest absolute Gasteiger partial charge is 0.466 e. The monoisotopic (exact) mass is 1950 g/mol. The van der Waals surface area contributed by atoms with Crippen LogP contribution >= 0.6 is 0 Å². The second-order valence-electron chi connectivity index (χ2n) is 38.7. The van der Waals surface area contributed by atoms with Crippen LogP contribution in [0.15, 0.2) is 0 Å². The van der Waals surface area contributed by atoms with E-state index in [1.54, 1.807) is 67.5 Å². The molecule has 3 aliphatic carbocycles. The summed E-state index contributed by atoms with van der Waals surface area (Å²) in [6.07, 6.45) is -4.92. The van der Waals surface area contributed by atoms with Crippen molar-refractivity contribution >= 4 is 103 Å². The third-order valence-electron chi connectivity index (χ3n) is 25.3. The first-order valence-electron chi connectivity index (χ1n) is 45.5. The number of methoxy groups -OCH3 is 2. The second-order valence-corrected chi connectivity index (χ2v) is 38.7. The maximum Gasteiger partial charge on any atom is 0.515 e. The predicted molar refractivity (Wildman–Crippen MR) is 464 cm³/mol. The molecule has 772 valence electrons. The molecular formula is C92H142N2O42. The number of carbonyl (C=O) groups is 17. The Balaban J connectivity index is 0.000000333. The van der Waals surface area contributed by atoms with Gasteiger partial charge < -0.3 is 118 Å². The first kappa shape index (κ1) is 117. The fraction of sp³-hybridized carbons (Fsp3) is 0.804. The molecule has 44 nitrogen and oxygen atoms in total. The van der Waals surface area contributed by atoms with Crippen molar-refractivity contribution in [1.29, 1.82) is 0 Å². The molecular weight excluding hydrogens is 1800 g/mol. The van der Waals surface area contributed by atoms with E-state index in [-0.39, 0.29) is 130 Å². The van der Waals surface area contributed by atoms with Gasteiger partial charge in [-0.25, -0.2) is 44.9 Å². The van der Waals surface area contributed by atoms with E-state index in [0.717, 1.165) is 39.2 Å². The number of cyclic esters (lactones) is 8. The molecule has 0 aromatic rings. The van der Waals surface area contributed by atoms with Crippen LogP contribution in [0.1, 0.15) is 249 Å². The summed E-state index contributed by atoms with van der Waals surface area (Å²) in [5, 5.41) is 0. The summed E-state index contributed by atoms with van der Waals surface area (Å²) in [5.41, 5.74) is -4.76. The number of hydrogen-bond donors (Lipinski definition) is 0. The van der Waals surface area contributed by atoms with Gasteiger partial charge in [-0.3, -0.25) is 52.9 Å². The fourth-order valence-electron chi connectivity index (χ4n) is 12.9. The number of esters is 10. The Bertz CT molecular complexity index is 4140. The maximum absolute atomic E-state index is 12.0. The van der Waals surface area contributed by atoms with Crippen molar-refractivity contribution in [2.75, 3.05) is 81.2 Å². The summed E-state index contributed by atoms with van der Waals surface area (Å²) in [6, 6.07) is 0. The van der Waals surface area contributed by atoms with Crippen molar-refractivity contribution in [2.45, 2.75) is 341 Å². The van der Waals surface area contributed by atoms with Gasteiger partial charge in [0.2, 0.25) is 24.7 Å². The van der Waals surface area contributed by atoms with Crippen LogP contribution in [0.5, 0.6) is 0 Å². The van der Waals surface area contributed by atoms with E-state index in [1.807, 2.05) is 111 Å². The van der Waals surface area contributed by atoms with Gasteiger partial charge >= 0.3 is 109 Å². The lowest BCUT2D eigenvalue weighted by Crippen LogP contribution is -2.49. The molecule has 7 heterocycles. The van der Waals surface area contributed by atoms with E-state index >= 15 is 0 Å². The first-order valence-corrected chi connectivity index (χ1v) is 45.5. The molecule has 4 bridgehead atoms. The van der Waals surface area contributed by atoms with Crippen LogP contribution in [-0.4, -0.2) is 280 Å². The van der Waals surface area contributed by atoms with Gasteiger partial charge in [0.25, 0.3) is 6.10 Å². The van der Waals surface area contributed by atoms with Crippen molar-refractivity contribution < 1.29 is 200 Å². The van der Waals surface area contributed by atoms with E-state index in [2.05, 4.69) is 23.8 Å². The summed E-state index contributed by atoms with van der Waals surface area (Å²) < 4.78 is 124. The van der Waals surface area contributed by atoms with Gasteiger partial charge in [-0.15, -0.1) is 0 Å². The largest absolute Gasteiger partial charge is 0.515 e. The number of fused-ring (bicyclic) bond motifs is 5. The number of carbonyl (C=O) groups excluding carboxylic acids is 17. The van der Waals surface area contributed by atoms with Crippen LogP contribution in [0, 0.1) is 62.2 Å². The zero-order valence-electron chi connectivity index (χ0n) is 83.4. The number of nitrogens with zero attached hydrogens (tertiary/aromatic N) is 2. The molecule has 7 saturated heterocycles. The summed E-state index contributed by atoms with van der Waals surface area (Å²) in [4.78, 5) is 199. The summed E-state index contributed by atoms with van der Waals surface area (Å²) in [5.74, 6) is -4.10. The highest BCUT2D eigenvalue weighted by Crippen LogP contribution is 2.42. The summed E-state index contributed by atoms with van der Waals surface area (Å²) in [6.45, 7) is 48.9. The van der Waals surface area contributed by atoms with Crippen LogP contribution < -0.4 is 0 Å². The summed E-state index contributed by atoms with van der Waals surface area (Å²) >= 11 is 0. The average molecular weight is 1950 g/mol. The predicted octanol–water partition coefficient (Wildman–Crippen LogP) is 12.7. The third kappa shape index (κ3) is 35.2. The van der Waals surface area contributed by atoms with E-state index in [0.29, 0.717) is 64.6 Å². The third-order valence-corrected chi connectivity index (χ3v) is 25.3. The molecule has 0 aromatic carbocycles. The van der Waals surface area contributed by atoms with E-state index in [9.17, 15) is 81.5 Å². The minimum absolute atomic E-state index is 0.0240. The highest BCUT2D eigenvalue weighted by molar-refractivity contribution is 5.91. The number of hydrogen-bond acceptors (Lipinski definition) is 43. The van der Waals surface area contributed by atoms with Gasteiger partial charge in [-0.1, -0.05) is 55.4 Å². The SMILES string of the molecule is CCC(C)(C)C(=O)OC1CC2CC1OC(=O)O2.CCC(C)(C)C(=O)OCC1(C)OC(=O)OC1N(C)C.CCC(C)(C)C(=O)OCC1C2CC(OC(=O)O2)C1C.CCC(C)(C)C(=O)OCC1CCC2OC(=O)OC2C1.CCC(C)(C)C(=O)OCC1OC(=O)OC1C(=O)OC.CCC(C)(C)C(=O)OCCOC(=O)CC(=O)OCC1OC(=O)OC1OC.[C-]#[N+]C1OC(=O)OC1COC(=O)C(C)(C)CC. The van der Waals surface area contributed by atoms with Crippen molar-refractivity contribution in [3.05, 3.63) is 11.4 Å². The Morgan fingerprint density at radius 2 is 0.816 bits per heavy atom. The Morgan fingerprint density at radius 3 is 1.33 bits per heavy atom.